The molecule has 4 heteroatoms. The lowest BCUT2D eigenvalue weighted by atomic mass is 9.58. The van der Waals surface area contributed by atoms with E-state index >= 15 is 0 Å². The lowest BCUT2D eigenvalue weighted by molar-refractivity contribution is -0.156. The average Bonchev–Trinajstić information content (AvgIpc) is 2.96. The topological polar surface area (TPSA) is 68.3 Å². The van der Waals surface area contributed by atoms with Gasteiger partial charge in [0.25, 0.3) is 0 Å². The Hall–Kier alpha value is -1.32. The maximum absolute atomic E-state index is 12.1. The molecule has 4 aliphatic carbocycles. The summed E-state index contributed by atoms with van der Waals surface area (Å²) in [4.78, 5) is 48.3. The molecule has 0 radical (unpaired) electrons. The lowest BCUT2D eigenvalue weighted by Crippen LogP contribution is -2.53. The van der Waals surface area contributed by atoms with Crippen molar-refractivity contribution in [1.82, 2.24) is 0 Å². The van der Waals surface area contributed by atoms with E-state index in [2.05, 4.69) is 0 Å². The molecule has 0 bridgehead atoms. The number of hydrogen-bond acceptors (Lipinski definition) is 4. The van der Waals surface area contributed by atoms with Crippen LogP contribution in [0.25, 0.3) is 0 Å². The van der Waals surface area contributed by atoms with Crippen molar-refractivity contribution >= 4 is 23.1 Å². The zero-order valence-electron chi connectivity index (χ0n) is 9.93. The Morgan fingerprint density at radius 1 is 0.500 bits per heavy atom. The molecule has 94 valence electrons. The minimum Gasteiger partial charge on any atom is -0.291 e. The Bertz CT molecular complexity index is 416. The van der Waals surface area contributed by atoms with Gasteiger partial charge in [0.15, 0.2) is 0 Å². The van der Waals surface area contributed by atoms with Gasteiger partial charge < -0.3 is 0 Å². The fraction of sp³-hybridized carbons (Fsp3) is 0.714. The molecule has 4 aliphatic rings. The van der Waals surface area contributed by atoms with E-state index in [9.17, 15) is 19.2 Å². The van der Waals surface area contributed by atoms with Crippen LogP contribution in [0, 0.1) is 35.5 Å². The van der Waals surface area contributed by atoms with Gasteiger partial charge in [0.1, 0.15) is 0 Å². The van der Waals surface area contributed by atoms with E-state index < -0.39 is 0 Å². The quantitative estimate of drug-likeness (QED) is 0.586. The Balaban J connectivity index is 1.87. The zero-order chi connectivity index (χ0) is 12.6. The molecule has 0 aromatic heterocycles. The van der Waals surface area contributed by atoms with Crippen LogP contribution in [0.15, 0.2) is 0 Å². The fourth-order valence-electron chi connectivity index (χ4n) is 5.08. The van der Waals surface area contributed by atoms with Gasteiger partial charge in [-0.25, -0.2) is 0 Å². The Morgan fingerprint density at radius 3 is 0.944 bits per heavy atom. The maximum atomic E-state index is 12.1. The molecule has 0 saturated heterocycles. The Morgan fingerprint density at radius 2 is 0.722 bits per heavy atom. The summed E-state index contributed by atoms with van der Waals surface area (Å²) in [6.07, 6.45) is 2.48. The van der Waals surface area contributed by atoms with Gasteiger partial charge in [-0.1, -0.05) is 0 Å². The first kappa shape index (κ1) is 10.6. The van der Waals surface area contributed by atoms with Crippen molar-refractivity contribution in [3.05, 3.63) is 0 Å². The van der Waals surface area contributed by atoms with Gasteiger partial charge in [-0.15, -0.1) is 0 Å². The minimum atomic E-state index is -0.263. The monoisotopic (exact) mass is 246 g/mol. The number of ketones is 4. The number of carbonyl (C=O) groups excluding carboxylic acids is 4. The predicted octanol–water partition coefficient (Wildman–Crippen LogP) is 0.575. The van der Waals surface area contributed by atoms with E-state index in [1.54, 1.807) is 0 Å². The van der Waals surface area contributed by atoms with Crippen molar-refractivity contribution in [2.45, 2.75) is 25.7 Å². The minimum absolute atomic E-state index is 0.00194. The van der Waals surface area contributed by atoms with Crippen molar-refractivity contribution in [3.63, 3.8) is 0 Å². The highest BCUT2D eigenvalue weighted by Crippen LogP contribution is 2.58. The van der Waals surface area contributed by atoms with Gasteiger partial charge in [0.2, 0.25) is 23.1 Å². The van der Waals surface area contributed by atoms with Crippen molar-refractivity contribution in [2.75, 3.05) is 0 Å². The third-order valence-corrected chi connectivity index (χ3v) is 5.71. The van der Waals surface area contributed by atoms with E-state index in [0.717, 1.165) is 0 Å². The summed E-state index contributed by atoms with van der Waals surface area (Å²) in [5.41, 5.74) is 0. The van der Waals surface area contributed by atoms with E-state index in [0.29, 0.717) is 25.7 Å². The Labute approximate surface area is 104 Å². The highest BCUT2D eigenvalue weighted by Gasteiger charge is 2.64. The molecule has 4 saturated carbocycles. The molecule has 4 unspecified atom stereocenters. The molecule has 0 aromatic carbocycles. The summed E-state index contributed by atoms with van der Waals surface area (Å²) < 4.78 is 0. The van der Waals surface area contributed by atoms with Gasteiger partial charge in [-0.2, -0.15) is 0 Å². The average molecular weight is 246 g/mol. The molecular formula is C14H14O4. The van der Waals surface area contributed by atoms with Gasteiger partial charge in [0.05, 0.1) is 0 Å². The molecule has 0 spiro atoms. The van der Waals surface area contributed by atoms with E-state index in [-0.39, 0.29) is 58.6 Å². The fourth-order valence-corrected chi connectivity index (χ4v) is 5.08. The molecule has 4 fully saturated rings. The Kier molecular flexibility index (Phi) is 1.86. The van der Waals surface area contributed by atoms with Gasteiger partial charge in [0, 0.05) is 23.7 Å². The van der Waals surface area contributed by atoms with Crippen molar-refractivity contribution in [3.8, 4) is 0 Å². The first-order valence-corrected chi connectivity index (χ1v) is 6.77. The molecule has 4 rings (SSSR count). The van der Waals surface area contributed by atoms with E-state index in [1.807, 2.05) is 0 Å². The summed E-state index contributed by atoms with van der Waals surface area (Å²) in [5.74, 6) is -2.09. The molecule has 0 aliphatic heterocycles. The maximum Gasteiger partial charge on any atom is 0.202 e. The van der Waals surface area contributed by atoms with Crippen LogP contribution >= 0.6 is 0 Å². The van der Waals surface area contributed by atoms with Gasteiger partial charge >= 0.3 is 0 Å². The molecular weight excluding hydrogens is 232 g/mol. The molecule has 4 nitrogen and oxygen atoms in total. The van der Waals surface area contributed by atoms with Crippen molar-refractivity contribution < 1.29 is 19.2 Å². The van der Waals surface area contributed by atoms with Gasteiger partial charge in [-0.3, -0.25) is 19.2 Å². The molecule has 0 N–H and O–H groups in total. The second-order valence-electron chi connectivity index (χ2n) is 6.19. The highest BCUT2D eigenvalue weighted by atomic mass is 16.2. The van der Waals surface area contributed by atoms with Crippen LogP contribution in [0.3, 0.4) is 0 Å². The summed E-state index contributed by atoms with van der Waals surface area (Å²) in [6, 6.07) is 0. The number of carbonyl (C=O) groups is 4. The van der Waals surface area contributed by atoms with Crippen LogP contribution in [0.2, 0.25) is 0 Å². The second-order valence-corrected chi connectivity index (χ2v) is 6.19. The third-order valence-electron chi connectivity index (χ3n) is 5.71. The SMILES string of the molecule is O=C1C(=O)C2CCC3C(=O)C(=O)C4CCC1C4C23. The number of rotatable bonds is 0. The number of hydrogen-bond donors (Lipinski definition) is 0. The highest BCUT2D eigenvalue weighted by molar-refractivity contribution is 6.43. The van der Waals surface area contributed by atoms with Crippen LogP contribution in [-0.4, -0.2) is 23.1 Å². The van der Waals surface area contributed by atoms with Crippen LogP contribution in [0.5, 0.6) is 0 Å². The second kappa shape index (κ2) is 3.16. The summed E-state index contributed by atoms with van der Waals surface area (Å²) in [5, 5.41) is 0. The van der Waals surface area contributed by atoms with Crippen molar-refractivity contribution in [2.24, 2.45) is 35.5 Å². The van der Waals surface area contributed by atoms with Crippen molar-refractivity contribution in [1.29, 1.82) is 0 Å². The van der Waals surface area contributed by atoms with Gasteiger partial charge in [-0.05, 0) is 37.5 Å². The summed E-state index contributed by atoms with van der Waals surface area (Å²) in [7, 11) is 0. The third kappa shape index (κ3) is 0.990. The molecule has 0 aromatic rings. The largest absolute Gasteiger partial charge is 0.291 e. The normalized spacial score (nSPS) is 49.8. The lowest BCUT2D eigenvalue weighted by Gasteiger charge is -2.42. The number of Topliss-reactive ketones (excluding diaryl/α,β-unsaturated/α-hetero) is 4. The van der Waals surface area contributed by atoms with Crippen LogP contribution in [0.4, 0.5) is 0 Å². The molecule has 18 heavy (non-hydrogen) atoms. The van der Waals surface area contributed by atoms with Crippen LogP contribution in [-0.2, 0) is 19.2 Å². The van der Waals surface area contributed by atoms with Crippen LogP contribution in [0.1, 0.15) is 25.7 Å². The zero-order valence-corrected chi connectivity index (χ0v) is 9.93. The summed E-state index contributed by atoms with van der Waals surface area (Å²) in [6.45, 7) is 0. The van der Waals surface area contributed by atoms with E-state index in [1.165, 1.54) is 0 Å². The van der Waals surface area contributed by atoms with E-state index in [4.69, 9.17) is 0 Å². The predicted molar refractivity (Wildman–Crippen MR) is 59.4 cm³/mol. The molecule has 4 atom stereocenters. The molecule has 0 amide bonds. The van der Waals surface area contributed by atoms with Crippen LogP contribution < -0.4 is 0 Å². The first-order chi connectivity index (χ1) is 8.61. The smallest absolute Gasteiger partial charge is 0.202 e. The molecule has 0 heterocycles. The first-order valence-electron chi connectivity index (χ1n) is 6.77. The standard InChI is InChI=1S/C14H14O4/c15-11-5-1-2-6-9(5)10-7(13(11)17)3-4-8(10)14(18)12(6)16/h5-10H,1-4H2. The summed E-state index contributed by atoms with van der Waals surface area (Å²) >= 11 is 0.